The van der Waals surface area contributed by atoms with Crippen molar-refractivity contribution in [1.29, 1.82) is 0 Å². The highest BCUT2D eigenvalue weighted by atomic mass is 16.5. The van der Waals surface area contributed by atoms with E-state index in [1.807, 2.05) is 42.6 Å². The largest absolute Gasteiger partial charge is 0.458 e. The Bertz CT molecular complexity index is 4580. The number of imidazole rings is 1. The summed E-state index contributed by atoms with van der Waals surface area (Å²) in [6, 6.07) is 59.7. The molecule has 0 atom stereocenters. The predicted octanol–water partition coefficient (Wildman–Crippen LogP) is 18.5. The summed E-state index contributed by atoms with van der Waals surface area (Å²) in [5.41, 5.74) is 16.7. The molecule has 376 valence electrons. The van der Waals surface area contributed by atoms with Gasteiger partial charge in [-0.15, -0.1) is 0 Å². The molecule has 1 aliphatic heterocycles. The van der Waals surface area contributed by atoms with Gasteiger partial charge in [-0.1, -0.05) is 208 Å². The van der Waals surface area contributed by atoms with Crippen molar-refractivity contribution in [3.05, 3.63) is 235 Å². The summed E-state index contributed by atoms with van der Waals surface area (Å²) >= 11 is 0. The van der Waals surface area contributed by atoms with Crippen LogP contribution >= 0.6 is 0 Å². The highest BCUT2D eigenvalue weighted by molar-refractivity contribution is 6.10. The van der Waals surface area contributed by atoms with Crippen molar-refractivity contribution in [3.8, 4) is 84.3 Å². The molecule has 9 aromatic carbocycles. The summed E-state index contributed by atoms with van der Waals surface area (Å²) in [4.78, 5) is 4.92. The average Bonchev–Trinajstić information content (AvgIpc) is 3.49. The monoisotopic (exact) mass is 1000 g/mol. The Balaban J connectivity index is 1.07. The number of hydrogen-bond donors (Lipinski definition) is 0. The highest BCUT2D eigenvalue weighted by Crippen LogP contribution is 2.49. The number of nitrogens with zero attached hydrogens (tertiary/aromatic N) is 4. The van der Waals surface area contributed by atoms with Gasteiger partial charge in [0.1, 0.15) is 17.3 Å². The van der Waals surface area contributed by atoms with E-state index in [2.05, 4.69) is 222 Å². The van der Waals surface area contributed by atoms with E-state index >= 15 is 0 Å². The van der Waals surface area contributed by atoms with Crippen LogP contribution in [0.3, 0.4) is 0 Å². The first-order chi connectivity index (χ1) is 39.2. The topological polar surface area (TPSA) is 35.9 Å². The van der Waals surface area contributed by atoms with Crippen LogP contribution in [0, 0.1) is 6.33 Å². The van der Waals surface area contributed by atoms with Gasteiger partial charge in [-0.25, -0.2) is 4.98 Å². The van der Waals surface area contributed by atoms with Crippen LogP contribution in [0.15, 0.2) is 212 Å². The van der Waals surface area contributed by atoms with Crippen molar-refractivity contribution in [1.82, 2.24) is 14.1 Å². The fraction of sp³-hybridized carbons (Fsp3) is 0.167. The number of fused-ring (bicyclic) bond motifs is 10. The van der Waals surface area contributed by atoms with E-state index in [1.165, 1.54) is 11.1 Å². The van der Waals surface area contributed by atoms with Gasteiger partial charge in [0.15, 0.2) is 0 Å². The lowest BCUT2D eigenvalue weighted by Gasteiger charge is -2.26. The van der Waals surface area contributed by atoms with Gasteiger partial charge < -0.3 is 4.74 Å². The Morgan fingerprint density at radius 1 is 0.481 bits per heavy atom. The molecule has 12 aromatic rings. The second-order valence-corrected chi connectivity index (χ2v) is 23.5. The van der Waals surface area contributed by atoms with Crippen molar-refractivity contribution < 1.29 is 16.2 Å². The molecule has 0 bridgehead atoms. The SMILES string of the molecule is [2H]c1c([2H])c([2H])c(-c2cccc3c2-c2ccccc2-c2cc(-c4ccc(C(C)(C)C)cc4)cc4c2[n+]([c-]n4-c2cccc(Oc4ccc5c6ccccc6n(-c6cc(C(C)(C)C)ccn6)c5c4)c2)-c2c-3cccc2C(C)(C)C)c([2H])c1[2H]. The molecule has 3 aromatic heterocycles. The molecule has 0 fully saturated rings. The van der Waals surface area contributed by atoms with E-state index in [1.54, 1.807) is 0 Å². The van der Waals surface area contributed by atoms with E-state index in [0.29, 0.717) is 17.1 Å². The van der Waals surface area contributed by atoms with E-state index in [9.17, 15) is 2.74 Å². The minimum Gasteiger partial charge on any atom is -0.458 e. The molecule has 5 nitrogen and oxygen atoms in total. The lowest BCUT2D eigenvalue weighted by atomic mass is 9.81. The lowest BCUT2D eigenvalue weighted by Crippen LogP contribution is -2.35. The first kappa shape index (κ1) is 42.4. The molecule has 0 aliphatic carbocycles. The molecule has 0 saturated carbocycles. The number of para-hydroxylation sites is 2. The third-order valence-electron chi connectivity index (χ3n) is 15.3. The summed E-state index contributed by atoms with van der Waals surface area (Å²) in [6.07, 6.45) is 5.88. The molecule has 13 rings (SSSR count). The molecule has 0 saturated heterocycles. The Hall–Kier alpha value is -8.80. The van der Waals surface area contributed by atoms with E-state index in [-0.39, 0.29) is 46.0 Å². The summed E-state index contributed by atoms with van der Waals surface area (Å²) in [5, 5.41) is 2.24. The van der Waals surface area contributed by atoms with Crippen LogP contribution in [0.1, 0.15) is 85.9 Å². The molecular formula is C72H62N4O. The zero-order chi connectivity index (χ0) is 57.3. The zero-order valence-electron chi connectivity index (χ0n) is 50.0. The Kier molecular flexibility index (Phi) is 9.87. The first-order valence-corrected chi connectivity index (χ1v) is 26.5. The molecule has 77 heavy (non-hydrogen) atoms. The van der Waals surface area contributed by atoms with Crippen molar-refractivity contribution in [3.63, 3.8) is 0 Å². The maximum Gasteiger partial charge on any atom is 0.269 e. The van der Waals surface area contributed by atoms with Gasteiger partial charge in [0.2, 0.25) is 0 Å². The molecule has 0 spiro atoms. The van der Waals surface area contributed by atoms with Crippen LogP contribution in [0.5, 0.6) is 11.5 Å². The van der Waals surface area contributed by atoms with Gasteiger partial charge in [0, 0.05) is 23.0 Å². The van der Waals surface area contributed by atoms with Crippen LogP contribution in [0.2, 0.25) is 0 Å². The van der Waals surface area contributed by atoms with Crippen LogP contribution in [-0.2, 0) is 16.2 Å². The number of pyridine rings is 1. The molecule has 0 amide bonds. The second kappa shape index (κ2) is 17.9. The average molecular weight is 1000 g/mol. The van der Waals surface area contributed by atoms with E-state index < -0.39 is 6.04 Å². The van der Waals surface area contributed by atoms with Crippen LogP contribution < -0.4 is 9.30 Å². The van der Waals surface area contributed by atoms with Gasteiger partial charge in [-0.05, 0) is 143 Å². The van der Waals surface area contributed by atoms with Crippen molar-refractivity contribution in [2.75, 3.05) is 0 Å². The van der Waals surface area contributed by atoms with Gasteiger partial charge >= 0.3 is 0 Å². The summed E-state index contributed by atoms with van der Waals surface area (Å²) in [5.74, 6) is 2.19. The van der Waals surface area contributed by atoms with Gasteiger partial charge in [0.05, 0.1) is 40.3 Å². The predicted molar refractivity (Wildman–Crippen MR) is 319 cm³/mol. The smallest absolute Gasteiger partial charge is 0.269 e. The minimum atomic E-state index is -0.429. The lowest BCUT2D eigenvalue weighted by molar-refractivity contribution is -0.572. The number of rotatable bonds is 6. The van der Waals surface area contributed by atoms with E-state index in [4.69, 9.17) is 13.8 Å². The number of benzene rings is 9. The quantitative estimate of drug-likeness (QED) is 0.123. The van der Waals surface area contributed by atoms with Crippen molar-refractivity contribution in [2.24, 2.45) is 0 Å². The Morgan fingerprint density at radius 3 is 1.94 bits per heavy atom. The molecule has 0 N–H and O–H groups in total. The first-order valence-electron chi connectivity index (χ1n) is 29.0. The third-order valence-corrected chi connectivity index (χ3v) is 15.3. The fourth-order valence-corrected chi connectivity index (χ4v) is 11.4. The maximum absolute atomic E-state index is 9.33. The highest BCUT2D eigenvalue weighted by Gasteiger charge is 2.31. The summed E-state index contributed by atoms with van der Waals surface area (Å²) in [7, 11) is 0. The van der Waals surface area contributed by atoms with Crippen molar-refractivity contribution >= 4 is 32.8 Å². The van der Waals surface area contributed by atoms with Crippen LogP contribution in [-0.4, -0.2) is 14.1 Å². The molecule has 1 aliphatic rings. The van der Waals surface area contributed by atoms with Crippen molar-refractivity contribution in [2.45, 2.75) is 78.6 Å². The zero-order valence-corrected chi connectivity index (χ0v) is 45.0. The molecule has 4 heterocycles. The number of hydrogen-bond acceptors (Lipinski definition) is 2. The standard InChI is InChI=1S/C72H62N4O/c1-70(2,3)49-34-32-46(33-35-49)48-40-61-55-24-13-14-26-58(55)67-54(47-20-11-10-12-21-47)27-18-28-59(67)60-29-19-30-62(72(7,8)9)68(60)75-45-74(65(41-48)69(61)75)51-22-17-23-52(43-51)77-53-36-37-57-56-25-15-16-31-63(56)76(64(57)44-53)66-42-50(38-39-73-66)71(4,5)6/h10-44H,1-9H3/i10D,11D,12D,20D,21D. The van der Waals surface area contributed by atoms with Gasteiger partial charge in [-0.3, -0.25) is 13.7 Å². The normalized spacial score (nSPS) is 13.4. The molecule has 0 radical (unpaired) electrons. The Labute approximate surface area is 459 Å². The molecular weight excluding hydrogens is 937 g/mol. The fourth-order valence-electron chi connectivity index (χ4n) is 11.4. The third kappa shape index (κ3) is 8.24. The number of ether oxygens (including phenoxy) is 1. The minimum absolute atomic E-state index is 0.0485. The van der Waals surface area contributed by atoms with Crippen LogP contribution in [0.4, 0.5) is 0 Å². The number of aromatic nitrogens is 4. The molecule has 5 heteroatoms. The summed E-state index contributed by atoms with van der Waals surface area (Å²) in [6.45, 7) is 20.0. The van der Waals surface area contributed by atoms with E-state index in [0.717, 1.165) is 100 Å². The summed E-state index contributed by atoms with van der Waals surface area (Å²) < 4.78 is 58.5. The van der Waals surface area contributed by atoms with Gasteiger partial charge in [-0.2, -0.15) is 0 Å². The molecule has 0 unspecified atom stereocenters. The second-order valence-electron chi connectivity index (χ2n) is 23.5. The maximum atomic E-state index is 9.33. The Morgan fingerprint density at radius 2 is 1.16 bits per heavy atom. The van der Waals surface area contributed by atoms with Gasteiger partial charge in [0.25, 0.3) is 6.33 Å². The van der Waals surface area contributed by atoms with Crippen LogP contribution in [0.25, 0.3) is 106 Å².